The van der Waals surface area contributed by atoms with Gasteiger partial charge in [0.2, 0.25) is 0 Å². The number of aromatic nitrogens is 1. The number of carbonyl (C=O) groups excluding carboxylic acids is 1. The largest absolute Gasteiger partial charge is 0.383 e. The zero-order chi connectivity index (χ0) is 21.4. The van der Waals surface area contributed by atoms with Gasteiger partial charge >= 0.3 is 0 Å². The lowest BCUT2D eigenvalue weighted by Gasteiger charge is -2.30. The van der Waals surface area contributed by atoms with Gasteiger partial charge in [0.05, 0.1) is 12.6 Å². The van der Waals surface area contributed by atoms with E-state index >= 15 is 0 Å². The van der Waals surface area contributed by atoms with Crippen LogP contribution in [0.2, 0.25) is 0 Å². The molecule has 0 spiro atoms. The molecule has 0 aromatic carbocycles. The second-order valence-electron chi connectivity index (χ2n) is 8.30. The van der Waals surface area contributed by atoms with Crippen LogP contribution in [0.1, 0.15) is 56.1 Å². The highest BCUT2D eigenvalue weighted by Gasteiger charge is 2.17. The van der Waals surface area contributed by atoms with Crippen LogP contribution in [0.15, 0.2) is 11.6 Å². The summed E-state index contributed by atoms with van der Waals surface area (Å²) in [6, 6.07) is 4.27. The summed E-state index contributed by atoms with van der Waals surface area (Å²) in [6.45, 7) is 12.9. The molecule has 0 bridgehead atoms. The number of rotatable bonds is 9. The Hall–Kier alpha value is -2.10. The smallest absolute Gasteiger partial charge is 0.261 e. The van der Waals surface area contributed by atoms with E-state index in [0.29, 0.717) is 13.2 Å². The summed E-state index contributed by atoms with van der Waals surface area (Å²) >= 11 is 0. The van der Waals surface area contributed by atoms with Crippen LogP contribution in [0, 0.1) is 31.1 Å². The molecule has 0 radical (unpaired) electrons. The highest BCUT2D eigenvalue weighted by molar-refractivity contribution is 6.01. The fourth-order valence-electron chi connectivity index (χ4n) is 4.13. The molecule has 6 nitrogen and oxygen atoms in total. The Morgan fingerprint density at radius 2 is 2.10 bits per heavy atom. The average molecular weight is 401 g/mol. The molecule has 1 unspecified atom stereocenters. The maximum Gasteiger partial charge on any atom is 0.261 e. The quantitative estimate of drug-likeness (QED) is 0.391. The predicted octanol–water partition coefficient (Wildman–Crippen LogP) is 3.46. The van der Waals surface area contributed by atoms with Gasteiger partial charge in [0, 0.05) is 25.0 Å². The molecule has 29 heavy (non-hydrogen) atoms. The molecule has 1 saturated heterocycles. The molecule has 1 aromatic heterocycles. The Morgan fingerprint density at radius 3 is 2.72 bits per heavy atom. The minimum Gasteiger partial charge on any atom is -0.383 e. The molecule has 0 saturated carbocycles. The number of aryl methyl sites for hydroxylation is 1. The number of piperidine rings is 1. The van der Waals surface area contributed by atoms with E-state index in [1.165, 1.54) is 12.8 Å². The predicted molar refractivity (Wildman–Crippen MR) is 117 cm³/mol. The van der Waals surface area contributed by atoms with Gasteiger partial charge in [-0.25, -0.2) is 0 Å². The molecule has 1 atom stereocenters. The number of nitrogens with zero attached hydrogens (tertiary/aromatic N) is 3. The summed E-state index contributed by atoms with van der Waals surface area (Å²) in [5.74, 6) is 0.531. The molecule has 1 fully saturated rings. The van der Waals surface area contributed by atoms with Crippen LogP contribution >= 0.6 is 0 Å². The molecule has 1 aliphatic rings. The molecule has 6 heteroatoms. The van der Waals surface area contributed by atoms with Gasteiger partial charge in [-0.05, 0) is 83.3 Å². The number of nitriles is 1. The van der Waals surface area contributed by atoms with Crippen LogP contribution in [0.4, 0.5) is 0 Å². The van der Waals surface area contributed by atoms with Gasteiger partial charge in [0.1, 0.15) is 11.6 Å². The van der Waals surface area contributed by atoms with Gasteiger partial charge in [-0.15, -0.1) is 0 Å². The molecule has 160 valence electrons. The monoisotopic (exact) mass is 400 g/mol. The van der Waals surface area contributed by atoms with Crippen molar-refractivity contribution in [1.82, 2.24) is 14.8 Å². The maximum atomic E-state index is 12.5. The summed E-state index contributed by atoms with van der Waals surface area (Å²) < 4.78 is 7.45. The lowest BCUT2D eigenvalue weighted by Crippen LogP contribution is -2.35. The third kappa shape index (κ3) is 6.45. The topological polar surface area (TPSA) is 70.3 Å². The van der Waals surface area contributed by atoms with E-state index in [-0.39, 0.29) is 17.5 Å². The van der Waals surface area contributed by atoms with E-state index in [2.05, 4.69) is 34.7 Å². The van der Waals surface area contributed by atoms with E-state index < -0.39 is 0 Å². The first-order valence-corrected chi connectivity index (χ1v) is 10.7. The number of likely N-dealkylation sites (tertiary alicyclic amines) is 1. The highest BCUT2D eigenvalue weighted by atomic mass is 16.5. The summed E-state index contributed by atoms with van der Waals surface area (Å²) in [5.41, 5.74) is 3.18. The highest BCUT2D eigenvalue weighted by Crippen LogP contribution is 2.23. The van der Waals surface area contributed by atoms with Crippen molar-refractivity contribution in [3.05, 3.63) is 28.6 Å². The first kappa shape index (κ1) is 23.2. The number of methoxy groups -OCH3 is 1. The van der Waals surface area contributed by atoms with Crippen LogP contribution in [0.5, 0.6) is 0 Å². The maximum absolute atomic E-state index is 12.5. The Labute approximate surface area is 175 Å². The Kier molecular flexibility index (Phi) is 8.94. The van der Waals surface area contributed by atoms with Crippen molar-refractivity contribution in [1.29, 1.82) is 5.26 Å². The Bertz CT molecular complexity index is 752. The van der Waals surface area contributed by atoms with Crippen molar-refractivity contribution in [3.8, 4) is 6.07 Å². The van der Waals surface area contributed by atoms with Crippen molar-refractivity contribution >= 4 is 12.0 Å². The van der Waals surface area contributed by atoms with E-state index in [1.54, 1.807) is 13.2 Å². The number of amides is 1. The minimum absolute atomic E-state index is 0.149. The van der Waals surface area contributed by atoms with Gasteiger partial charge in [0.15, 0.2) is 0 Å². The van der Waals surface area contributed by atoms with E-state index in [4.69, 9.17) is 4.74 Å². The normalized spacial score (nSPS) is 17.2. The number of hydrogen-bond acceptors (Lipinski definition) is 4. The van der Waals surface area contributed by atoms with E-state index in [1.807, 2.05) is 19.9 Å². The SMILES string of the molecule is COCC(C)n1c(C)cc(/C=C(/C#N)C(=O)NCCCN2CCC(C)CC2)c1C. The average Bonchev–Trinajstić information content (AvgIpc) is 2.97. The summed E-state index contributed by atoms with van der Waals surface area (Å²) in [7, 11) is 1.69. The fourth-order valence-corrected chi connectivity index (χ4v) is 4.13. The van der Waals surface area contributed by atoms with Crippen molar-refractivity contribution in [3.63, 3.8) is 0 Å². The van der Waals surface area contributed by atoms with Crippen LogP contribution < -0.4 is 5.32 Å². The number of hydrogen-bond donors (Lipinski definition) is 1. The standard InChI is InChI=1S/C23H36N4O2/c1-17-7-11-26(12-8-17)10-6-9-25-23(28)22(15-24)14-21-13-18(2)27(20(21)4)19(3)16-29-5/h13-14,17,19H,6-12,16H2,1-5H3,(H,25,28)/b22-14-. The molecule has 1 amide bonds. The molecular weight excluding hydrogens is 364 g/mol. The van der Waals surface area contributed by atoms with E-state index in [9.17, 15) is 10.1 Å². The molecule has 2 rings (SSSR count). The first-order chi connectivity index (χ1) is 13.9. The van der Waals surface area contributed by atoms with Crippen LogP contribution in [0.25, 0.3) is 6.08 Å². The summed E-state index contributed by atoms with van der Waals surface area (Å²) in [6.07, 6.45) is 5.12. The minimum atomic E-state index is -0.297. The third-order valence-corrected chi connectivity index (χ3v) is 5.85. The van der Waals surface area contributed by atoms with Crippen LogP contribution in [0.3, 0.4) is 0 Å². The summed E-state index contributed by atoms with van der Waals surface area (Å²) in [4.78, 5) is 14.9. The number of nitrogens with one attached hydrogen (secondary N) is 1. The molecule has 2 heterocycles. The second-order valence-corrected chi connectivity index (χ2v) is 8.30. The summed E-state index contributed by atoms with van der Waals surface area (Å²) in [5, 5.41) is 12.4. The fraction of sp³-hybridized carbons (Fsp3) is 0.652. The third-order valence-electron chi connectivity index (χ3n) is 5.85. The number of ether oxygens (including phenoxy) is 1. The van der Waals surface area contributed by atoms with Gasteiger partial charge in [-0.1, -0.05) is 6.92 Å². The molecular formula is C23H36N4O2. The lowest BCUT2D eigenvalue weighted by molar-refractivity contribution is -0.117. The van der Waals surface area contributed by atoms with Gasteiger partial charge in [-0.2, -0.15) is 5.26 Å². The van der Waals surface area contributed by atoms with Crippen molar-refractivity contribution < 1.29 is 9.53 Å². The Morgan fingerprint density at radius 1 is 1.41 bits per heavy atom. The van der Waals surface area contributed by atoms with Gasteiger partial charge < -0.3 is 19.5 Å². The van der Waals surface area contributed by atoms with Gasteiger partial charge in [0.25, 0.3) is 5.91 Å². The van der Waals surface area contributed by atoms with Crippen LogP contribution in [-0.4, -0.2) is 55.3 Å². The van der Waals surface area contributed by atoms with Crippen molar-refractivity contribution in [2.24, 2.45) is 5.92 Å². The van der Waals surface area contributed by atoms with Crippen molar-refractivity contribution in [2.75, 3.05) is 39.9 Å². The zero-order valence-corrected chi connectivity index (χ0v) is 18.6. The Balaban J connectivity index is 1.93. The first-order valence-electron chi connectivity index (χ1n) is 10.7. The molecule has 1 aliphatic heterocycles. The second kappa shape index (κ2) is 11.2. The van der Waals surface area contributed by atoms with E-state index in [0.717, 1.165) is 48.9 Å². The van der Waals surface area contributed by atoms with Crippen LogP contribution in [-0.2, 0) is 9.53 Å². The lowest BCUT2D eigenvalue weighted by atomic mass is 9.99. The van der Waals surface area contributed by atoms with Gasteiger partial charge in [-0.3, -0.25) is 4.79 Å². The molecule has 1 aromatic rings. The molecule has 1 N–H and O–H groups in total. The number of carbonyl (C=O) groups is 1. The van der Waals surface area contributed by atoms with Crippen molar-refractivity contribution in [2.45, 2.75) is 53.0 Å². The zero-order valence-electron chi connectivity index (χ0n) is 18.6. The molecule has 0 aliphatic carbocycles.